The van der Waals surface area contributed by atoms with Crippen molar-refractivity contribution < 1.29 is 4.79 Å². The van der Waals surface area contributed by atoms with Gasteiger partial charge in [0.15, 0.2) is 5.78 Å². The summed E-state index contributed by atoms with van der Waals surface area (Å²) >= 11 is 1.61. The van der Waals surface area contributed by atoms with Gasteiger partial charge < -0.3 is 0 Å². The Kier molecular flexibility index (Phi) is 3.97. The van der Waals surface area contributed by atoms with Gasteiger partial charge in [0, 0.05) is 11.3 Å². The molecule has 0 spiro atoms. The zero-order valence-corrected chi connectivity index (χ0v) is 11.9. The van der Waals surface area contributed by atoms with Crippen LogP contribution in [-0.2, 0) is 0 Å². The minimum atomic E-state index is 0.263. The Morgan fingerprint density at radius 1 is 1.17 bits per heavy atom. The van der Waals surface area contributed by atoms with Crippen LogP contribution in [0.4, 0.5) is 0 Å². The van der Waals surface area contributed by atoms with Crippen LogP contribution >= 0.6 is 11.3 Å². The lowest BCUT2D eigenvalue weighted by molar-refractivity contribution is 0.0985. The molecule has 0 atom stereocenters. The summed E-state index contributed by atoms with van der Waals surface area (Å²) in [5.41, 5.74) is 3.76. The highest BCUT2D eigenvalue weighted by atomic mass is 32.1. The molecule has 0 saturated carbocycles. The summed E-state index contributed by atoms with van der Waals surface area (Å²) in [5, 5.41) is 0. The third-order valence-corrected chi connectivity index (χ3v) is 4.18. The molecule has 0 N–H and O–H groups in total. The molecule has 0 unspecified atom stereocenters. The van der Waals surface area contributed by atoms with E-state index in [4.69, 9.17) is 0 Å². The van der Waals surface area contributed by atoms with E-state index in [2.05, 4.69) is 38.1 Å². The molecule has 0 fully saturated rings. The average molecular weight is 258 g/mol. The van der Waals surface area contributed by atoms with Crippen molar-refractivity contribution >= 4 is 17.1 Å². The Morgan fingerprint density at radius 2 is 1.94 bits per heavy atom. The number of carbonyl (C=O) groups is 1. The summed E-state index contributed by atoms with van der Waals surface area (Å²) in [6.07, 6.45) is 1.56. The van der Waals surface area contributed by atoms with Gasteiger partial charge in [-0.25, -0.2) is 0 Å². The van der Waals surface area contributed by atoms with Crippen LogP contribution < -0.4 is 0 Å². The van der Waals surface area contributed by atoms with Crippen molar-refractivity contribution in [2.24, 2.45) is 0 Å². The van der Waals surface area contributed by atoms with Crippen molar-refractivity contribution in [1.29, 1.82) is 0 Å². The fourth-order valence-electron chi connectivity index (χ4n) is 1.98. The van der Waals surface area contributed by atoms with E-state index >= 15 is 0 Å². The van der Waals surface area contributed by atoms with Crippen LogP contribution in [0.15, 0.2) is 30.3 Å². The molecule has 1 aromatic carbocycles. The van der Waals surface area contributed by atoms with E-state index in [-0.39, 0.29) is 5.78 Å². The van der Waals surface area contributed by atoms with E-state index in [0.29, 0.717) is 6.42 Å². The number of hydrogen-bond acceptors (Lipinski definition) is 2. The Hall–Kier alpha value is -1.41. The van der Waals surface area contributed by atoms with Crippen molar-refractivity contribution in [1.82, 2.24) is 0 Å². The minimum Gasteiger partial charge on any atom is -0.293 e. The number of thiophene rings is 1. The number of benzene rings is 1. The molecule has 0 amide bonds. The molecule has 0 saturated heterocycles. The lowest BCUT2D eigenvalue weighted by Crippen LogP contribution is -1.93. The minimum absolute atomic E-state index is 0.263. The number of rotatable bonds is 4. The van der Waals surface area contributed by atoms with E-state index in [0.717, 1.165) is 11.3 Å². The summed E-state index contributed by atoms with van der Waals surface area (Å²) < 4.78 is 0. The number of Topliss-reactive ketones (excluding diaryl/α,β-unsaturated/α-hetero) is 1. The molecule has 0 bridgehead atoms. The number of hydrogen-bond donors (Lipinski definition) is 0. The van der Waals surface area contributed by atoms with Gasteiger partial charge >= 0.3 is 0 Å². The van der Waals surface area contributed by atoms with E-state index in [1.165, 1.54) is 21.6 Å². The summed E-state index contributed by atoms with van der Waals surface area (Å²) in [5.74, 6) is 0.263. The molecule has 2 heteroatoms. The average Bonchev–Trinajstić information content (AvgIpc) is 2.82. The van der Waals surface area contributed by atoms with Crippen LogP contribution in [0.25, 0.3) is 10.4 Å². The quantitative estimate of drug-likeness (QED) is 0.704. The second-order valence-electron chi connectivity index (χ2n) is 4.66. The maximum atomic E-state index is 11.9. The van der Waals surface area contributed by atoms with Gasteiger partial charge in [-0.2, -0.15) is 0 Å². The van der Waals surface area contributed by atoms with Gasteiger partial charge in [0.2, 0.25) is 0 Å². The maximum Gasteiger partial charge on any atom is 0.172 e. The Morgan fingerprint density at radius 3 is 2.67 bits per heavy atom. The van der Waals surface area contributed by atoms with E-state index in [1.54, 1.807) is 11.3 Å². The molecule has 1 heterocycles. The fourth-order valence-corrected chi connectivity index (χ4v) is 3.04. The number of aryl methyl sites for hydroxylation is 2. The Labute approximate surface area is 112 Å². The topological polar surface area (TPSA) is 17.1 Å². The molecule has 18 heavy (non-hydrogen) atoms. The van der Waals surface area contributed by atoms with Crippen molar-refractivity contribution in [3.05, 3.63) is 46.3 Å². The SMILES string of the molecule is CCCC(=O)c1ccc(-c2cc(C)ccc2C)s1. The van der Waals surface area contributed by atoms with E-state index in [1.807, 2.05) is 13.0 Å². The largest absolute Gasteiger partial charge is 0.293 e. The van der Waals surface area contributed by atoms with Crippen LogP contribution in [0.3, 0.4) is 0 Å². The summed E-state index contributed by atoms with van der Waals surface area (Å²) in [6.45, 7) is 6.25. The first-order valence-electron chi connectivity index (χ1n) is 6.32. The van der Waals surface area contributed by atoms with Gasteiger partial charge in [-0.05, 0) is 43.5 Å². The Bertz CT molecular complexity index is 566. The van der Waals surface area contributed by atoms with Gasteiger partial charge in [0.1, 0.15) is 0 Å². The predicted molar refractivity (Wildman–Crippen MR) is 78.5 cm³/mol. The smallest absolute Gasteiger partial charge is 0.172 e. The van der Waals surface area contributed by atoms with Crippen molar-refractivity contribution in [2.45, 2.75) is 33.6 Å². The normalized spacial score (nSPS) is 10.6. The number of ketones is 1. The molecule has 1 nitrogen and oxygen atoms in total. The summed E-state index contributed by atoms with van der Waals surface area (Å²) in [4.78, 5) is 13.9. The molecular weight excluding hydrogens is 240 g/mol. The van der Waals surface area contributed by atoms with Gasteiger partial charge in [-0.1, -0.05) is 30.7 Å². The molecule has 1 aromatic heterocycles. The van der Waals surface area contributed by atoms with Crippen LogP contribution in [0.5, 0.6) is 0 Å². The Balaban J connectivity index is 2.35. The van der Waals surface area contributed by atoms with Crippen molar-refractivity contribution in [3.63, 3.8) is 0 Å². The van der Waals surface area contributed by atoms with Gasteiger partial charge in [0.05, 0.1) is 4.88 Å². The first-order chi connectivity index (χ1) is 8.61. The second kappa shape index (κ2) is 5.49. The first-order valence-corrected chi connectivity index (χ1v) is 7.14. The molecule has 2 aromatic rings. The molecule has 0 radical (unpaired) electrons. The van der Waals surface area contributed by atoms with Gasteiger partial charge in [-0.15, -0.1) is 11.3 Å². The van der Waals surface area contributed by atoms with E-state index < -0.39 is 0 Å². The highest BCUT2D eigenvalue weighted by Crippen LogP contribution is 2.31. The van der Waals surface area contributed by atoms with Crippen LogP contribution in [0.2, 0.25) is 0 Å². The maximum absolute atomic E-state index is 11.9. The summed E-state index contributed by atoms with van der Waals surface area (Å²) in [6, 6.07) is 10.5. The fraction of sp³-hybridized carbons (Fsp3) is 0.312. The van der Waals surface area contributed by atoms with Crippen LogP contribution in [0, 0.1) is 13.8 Å². The monoisotopic (exact) mass is 258 g/mol. The third-order valence-electron chi connectivity index (χ3n) is 3.02. The molecule has 0 aliphatic heterocycles. The van der Waals surface area contributed by atoms with Crippen molar-refractivity contribution in [2.75, 3.05) is 0 Å². The molecule has 0 aliphatic carbocycles. The highest BCUT2D eigenvalue weighted by molar-refractivity contribution is 7.17. The standard InChI is InChI=1S/C16H18OS/c1-4-5-14(17)16-9-8-15(18-16)13-10-11(2)6-7-12(13)3/h6-10H,4-5H2,1-3H3. The van der Waals surface area contributed by atoms with Crippen LogP contribution in [0.1, 0.15) is 40.6 Å². The highest BCUT2D eigenvalue weighted by Gasteiger charge is 2.10. The van der Waals surface area contributed by atoms with Crippen molar-refractivity contribution in [3.8, 4) is 10.4 Å². The molecule has 0 aliphatic rings. The zero-order chi connectivity index (χ0) is 13.1. The first kappa shape index (κ1) is 13.0. The van der Waals surface area contributed by atoms with E-state index in [9.17, 15) is 4.79 Å². The lowest BCUT2D eigenvalue weighted by atomic mass is 10.0. The lowest BCUT2D eigenvalue weighted by Gasteiger charge is -2.04. The molecular formula is C16H18OS. The van der Waals surface area contributed by atoms with Gasteiger partial charge in [-0.3, -0.25) is 4.79 Å². The second-order valence-corrected chi connectivity index (χ2v) is 5.74. The molecule has 2 rings (SSSR count). The zero-order valence-electron chi connectivity index (χ0n) is 11.1. The summed E-state index contributed by atoms with van der Waals surface area (Å²) in [7, 11) is 0. The predicted octanol–water partition coefficient (Wildman–Crippen LogP) is 5.01. The van der Waals surface area contributed by atoms with Crippen LogP contribution in [-0.4, -0.2) is 5.78 Å². The molecule has 94 valence electrons. The third kappa shape index (κ3) is 2.70. The number of carbonyl (C=O) groups excluding carboxylic acids is 1. The van der Waals surface area contributed by atoms with Gasteiger partial charge in [0.25, 0.3) is 0 Å².